The van der Waals surface area contributed by atoms with Crippen LogP contribution in [0.4, 0.5) is 10.1 Å². The molecule has 0 amide bonds. The summed E-state index contributed by atoms with van der Waals surface area (Å²) in [6.07, 6.45) is -0.537. The number of piperazine rings is 1. The lowest BCUT2D eigenvalue weighted by atomic mass is 9.93. The lowest BCUT2D eigenvalue weighted by Crippen LogP contribution is -2.55. The van der Waals surface area contributed by atoms with E-state index in [1.165, 1.54) is 12.1 Å². The number of hydrogen-bond donors (Lipinski definition) is 2. The van der Waals surface area contributed by atoms with Crippen molar-refractivity contribution >= 4 is 5.69 Å². The zero-order chi connectivity index (χ0) is 13.4. The molecule has 0 spiro atoms. The summed E-state index contributed by atoms with van der Waals surface area (Å²) in [7, 11) is 1.96. The number of likely N-dealkylation sites (N-methyl/N-ethyl adjacent to an activating group) is 1. The highest BCUT2D eigenvalue weighted by Crippen LogP contribution is 2.35. The maximum Gasteiger partial charge on any atom is 0.125 e. The van der Waals surface area contributed by atoms with E-state index < -0.39 is 6.10 Å². The summed E-state index contributed by atoms with van der Waals surface area (Å²) in [4.78, 5) is 4.36. The third-order valence-electron chi connectivity index (χ3n) is 4.17. The first kappa shape index (κ1) is 12.8. The highest BCUT2D eigenvalue weighted by atomic mass is 19.1. The Kier molecular flexibility index (Phi) is 3.43. The highest BCUT2D eigenvalue weighted by Gasteiger charge is 2.35. The van der Waals surface area contributed by atoms with Crippen LogP contribution >= 0.6 is 0 Å². The number of nitrogens with one attached hydrogen (secondary N) is 1. The molecule has 5 heteroatoms. The second kappa shape index (κ2) is 5.07. The van der Waals surface area contributed by atoms with Crippen molar-refractivity contribution < 1.29 is 9.50 Å². The van der Waals surface area contributed by atoms with Crippen LogP contribution < -0.4 is 10.2 Å². The van der Waals surface area contributed by atoms with Crippen LogP contribution in [0.1, 0.15) is 11.7 Å². The Balaban J connectivity index is 1.88. The SMILES string of the molecule is CN1CC(N2CCNCC2)C(O)c2ccc(F)cc21. The molecule has 2 heterocycles. The molecule has 1 aromatic rings. The molecule has 0 saturated carbocycles. The summed E-state index contributed by atoms with van der Waals surface area (Å²) >= 11 is 0. The number of rotatable bonds is 1. The van der Waals surface area contributed by atoms with E-state index in [0.29, 0.717) is 0 Å². The third kappa shape index (κ3) is 2.33. The Bertz CT molecular complexity index is 462. The molecule has 104 valence electrons. The van der Waals surface area contributed by atoms with Gasteiger partial charge in [-0.3, -0.25) is 4.90 Å². The summed E-state index contributed by atoms with van der Waals surface area (Å²) < 4.78 is 13.3. The molecule has 0 aromatic heterocycles. The van der Waals surface area contributed by atoms with Gasteiger partial charge in [0.15, 0.2) is 0 Å². The van der Waals surface area contributed by atoms with Crippen LogP contribution in [0.5, 0.6) is 0 Å². The molecule has 1 saturated heterocycles. The van der Waals surface area contributed by atoms with Crippen molar-refractivity contribution in [1.82, 2.24) is 10.2 Å². The molecule has 2 N–H and O–H groups in total. The maximum atomic E-state index is 13.3. The van der Waals surface area contributed by atoms with Gasteiger partial charge >= 0.3 is 0 Å². The molecule has 0 radical (unpaired) electrons. The summed E-state index contributed by atoms with van der Waals surface area (Å²) in [5.41, 5.74) is 1.64. The highest BCUT2D eigenvalue weighted by molar-refractivity contribution is 5.57. The minimum absolute atomic E-state index is 0.0880. The number of anilines is 1. The first-order valence-corrected chi connectivity index (χ1v) is 6.80. The predicted octanol–water partition coefficient (Wildman–Crippen LogP) is 0.583. The standard InChI is InChI=1S/C14H20FN3O/c1-17-9-13(18-6-4-16-5-7-18)14(19)11-3-2-10(15)8-12(11)17/h2-3,8,13-14,16,19H,4-7,9H2,1H3. The zero-order valence-electron chi connectivity index (χ0n) is 11.1. The van der Waals surface area contributed by atoms with E-state index in [1.54, 1.807) is 6.07 Å². The number of hydrogen-bond acceptors (Lipinski definition) is 4. The molecule has 19 heavy (non-hydrogen) atoms. The molecule has 2 atom stereocenters. The summed E-state index contributed by atoms with van der Waals surface area (Å²) in [6, 6.07) is 4.73. The van der Waals surface area contributed by atoms with Gasteiger partial charge in [-0.05, 0) is 12.1 Å². The van der Waals surface area contributed by atoms with Gasteiger partial charge in [0, 0.05) is 51.0 Å². The number of aliphatic hydroxyl groups is 1. The molecule has 2 unspecified atom stereocenters. The van der Waals surface area contributed by atoms with Gasteiger partial charge < -0.3 is 15.3 Å². The first-order chi connectivity index (χ1) is 9.16. The van der Waals surface area contributed by atoms with Gasteiger partial charge in [0.25, 0.3) is 0 Å². The Morgan fingerprint density at radius 1 is 1.32 bits per heavy atom. The van der Waals surface area contributed by atoms with Crippen LogP contribution in [0.3, 0.4) is 0 Å². The largest absolute Gasteiger partial charge is 0.387 e. The van der Waals surface area contributed by atoms with Gasteiger partial charge in [-0.15, -0.1) is 0 Å². The van der Waals surface area contributed by atoms with Crippen molar-refractivity contribution in [3.63, 3.8) is 0 Å². The fraction of sp³-hybridized carbons (Fsp3) is 0.571. The van der Waals surface area contributed by atoms with E-state index in [2.05, 4.69) is 10.2 Å². The van der Waals surface area contributed by atoms with E-state index in [9.17, 15) is 9.50 Å². The van der Waals surface area contributed by atoms with Crippen molar-refractivity contribution in [2.75, 3.05) is 44.7 Å². The average Bonchev–Trinajstić information content (AvgIpc) is 2.43. The van der Waals surface area contributed by atoms with Gasteiger partial charge in [-0.2, -0.15) is 0 Å². The van der Waals surface area contributed by atoms with Crippen molar-refractivity contribution in [3.8, 4) is 0 Å². The molecule has 2 aliphatic rings. The molecule has 1 aromatic carbocycles. The number of aliphatic hydroxyl groups excluding tert-OH is 1. The average molecular weight is 265 g/mol. The van der Waals surface area contributed by atoms with Gasteiger partial charge in [0.1, 0.15) is 5.82 Å². The molecule has 2 aliphatic heterocycles. The third-order valence-corrected chi connectivity index (χ3v) is 4.17. The zero-order valence-corrected chi connectivity index (χ0v) is 11.1. The second-order valence-corrected chi connectivity index (χ2v) is 5.38. The fourth-order valence-corrected chi connectivity index (χ4v) is 3.11. The molecule has 0 aliphatic carbocycles. The maximum absolute atomic E-state index is 13.3. The topological polar surface area (TPSA) is 38.7 Å². The normalized spacial score (nSPS) is 28.3. The van der Waals surface area contributed by atoms with Crippen LogP contribution in [0.15, 0.2) is 18.2 Å². The number of fused-ring (bicyclic) bond motifs is 1. The molecule has 3 rings (SSSR count). The summed E-state index contributed by atoms with van der Waals surface area (Å²) in [5.74, 6) is -0.251. The molecular formula is C14H20FN3O. The van der Waals surface area contributed by atoms with Gasteiger partial charge in [0.2, 0.25) is 0 Å². The first-order valence-electron chi connectivity index (χ1n) is 6.80. The lowest BCUT2D eigenvalue weighted by molar-refractivity contribution is 0.0406. The number of benzene rings is 1. The summed E-state index contributed by atoms with van der Waals surface area (Å²) in [6.45, 7) is 4.56. The lowest BCUT2D eigenvalue weighted by Gasteiger charge is -2.44. The van der Waals surface area contributed by atoms with Gasteiger partial charge in [-0.25, -0.2) is 4.39 Å². The van der Waals surface area contributed by atoms with E-state index in [-0.39, 0.29) is 11.9 Å². The van der Waals surface area contributed by atoms with Crippen molar-refractivity contribution in [2.45, 2.75) is 12.1 Å². The summed E-state index contributed by atoms with van der Waals surface area (Å²) in [5, 5.41) is 13.9. The number of halogens is 1. The Hall–Kier alpha value is -1.17. The molecule has 4 nitrogen and oxygen atoms in total. The smallest absolute Gasteiger partial charge is 0.125 e. The Morgan fingerprint density at radius 2 is 2.05 bits per heavy atom. The van der Waals surface area contributed by atoms with E-state index in [4.69, 9.17) is 0 Å². The molecule has 1 fully saturated rings. The Labute approximate surface area is 112 Å². The minimum atomic E-state index is -0.537. The Morgan fingerprint density at radius 3 is 2.79 bits per heavy atom. The molecular weight excluding hydrogens is 245 g/mol. The van der Waals surface area contributed by atoms with Gasteiger partial charge in [-0.1, -0.05) is 6.07 Å². The fourth-order valence-electron chi connectivity index (χ4n) is 3.11. The van der Waals surface area contributed by atoms with E-state index in [0.717, 1.165) is 44.0 Å². The van der Waals surface area contributed by atoms with Crippen molar-refractivity contribution in [2.24, 2.45) is 0 Å². The monoisotopic (exact) mass is 265 g/mol. The minimum Gasteiger partial charge on any atom is -0.387 e. The quantitative estimate of drug-likeness (QED) is 0.779. The van der Waals surface area contributed by atoms with E-state index in [1.807, 2.05) is 11.9 Å². The van der Waals surface area contributed by atoms with Crippen molar-refractivity contribution in [1.29, 1.82) is 0 Å². The van der Waals surface area contributed by atoms with E-state index >= 15 is 0 Å². The van der Waals surface area contributed by atoms with Crippen LogP contribution in [0, 0.1) is 5.82 Å². The molecule has 0 bridgehead atoms. The predicted molar refractivity (Wildman–Crippen MR) is 72.9 cm³/mol. The van der Waals surface area contributed by atoms with Crippen LogP contribution in [-0.2, 0) is 0 Å². The van der Waals surface area contributed by atoms with Crippen LogP contribution in [0.2, 0.25) is 0 Å². The van der Waals surface area contributed by atoms with Crippen LogP contribution in [-0.4, -0.2) is 55.8 Å². The van der Waals surface area contributed by atoms with Gasteiger partial charge in [0.05, 0.1) is 12.1 Å². The second-order valence-electron chi connectivity index (χ2n) is 5.38. The van der Waals surface area contributed by atoms with Crippen LogP contribution in [0.25, 0.3) is 0 Å². The number of nitrogens with zero attached hydrogens (tertiary/aromatic N) is 2. The van der Waals surface area contributed by atoms with Crippen molar-refractivity contribution in [3.05, 3.63) is 29.6 Å².